The van der Waals surface area contributed by atoms with E-state index >= 15 is 0 Å². The molecule has 4 aliphatic carbocycles. The molecule has 31 heavy (non-hydrogen) atoms. The first-order chi connectivity index (χ1) is 14.7. The van der Waals surface area contributed by atoms with Gasteiger partial charge >= 0.3 is 0 Å². The highest BCUT2D eigenvalue weighted by atomic mass is 16.7. The molecule has 2 aliphatic heterocycles. The van der Waals surface area contributed by atoms with Crippen molar-refractivity contribution in [1.29, 1.82) is 0 Å². The summed E-state index contributed by atoms with van der Waals surface area (Å²) in [6, 6.07) is 0. The average molecular weight is 431 g/mol. The first kappa shape index (κ1) is 21.1. The van der Waals surface area contributed by atoms with Crippen molar-refractivity contribution in [2.24, 2.45) is 52.3 Å². The Morgan fingerprint density at radius 3 is 2.55 bits per heavy atom. The molecule has 2 heterocycles. The SMILES string of the molecule is CC1CCC2(OC1)O[C@H]1CC3C4CC[C@H]5C[C@@H](O)CC[C@]5(C)C4CC(=O)[C@]3(C)C1[C@@H]2C. The van der Waals surface area contributed by atoms with Crippen LogP contribution in [-0.4, -0.2) is 35.5 Å². The van der Waals surface area contributed by atoms with Crippen LogP contribution in [0.1, 0.15) is 85.5 Å². The molecule has 0 aromatic rings. The van der Waals surface area contributed by atoms with Gasteiger partial charge in [-0.3, -0.25) is 4.79 Å². The number of hydrogen-bond donors (Lipinski definition) is 1. The number of rotatable bonds is 0. The van der Waals surface area contributed by atoms with Crippen LogP contribution in [0.2, 0.25) is 0 Å². The molecule has 0 aromatic heterocycles. The van der Waals surface area contributed by atoms with E-state index in [2.05, 4.69) is 27.7 Å². The zero-order valence-corrected chi connectivity index (χ0v) is 19.9. The van der Waals surface area contributed by atoms with Crippen molar-refractivity contribution in [2.75, 3.05) is 6.61 Å². The average Bonchev–Trinajstić information content (AvgIpc) is 3.18. The monoisotopic (exact) mass is 430 g/mol. The van der Waals surface area contributed by atoms with Gasteiger partial charge in [0.05, 0.1) is 18.8 Å². The third kappa shape index (κ3) is 2.68. The van der Waals surface area contributed by atoms with Gasteiger partial charge in [-0.1, -0.05) is 27.7 Å². The van der Waals surface area contributed by atoms with Crippen LogP contribution in [0.5, 0.6) is 0 Å². The van der Waals surface area contributed by atoms with Crippen LogP contribution in [0.4, 0.5) is 0 Å². The highest BCUT2D eigenvalue weighted by Gasteiger charge is 2.71. The predicted molar refractivity (Wildman–Crippen MR) is 118 cm³/mol. The Balaban J connectivity index is 1.30. The number of aliphatic hydroxyl groups excluding tert-OH is 1. The minimum atomic E-state index is -0.448. The Kier molecular flexibility index (Phi) is 4.62. The van der Waals surface area contributed by atoms with E-state index in [4.69, 9.17) is 9.47 Å². The van der Waals surface area contributed by atoms with E-state index < -0.39 is 5.79 Å². The van der Waals surface area contributed by atoms with Gasteiger partial charge in [-0.2, -0.15) is 0 Å². The molecule has 6 fully saturated rings. The van der Waals surface area contributed by atoms with Gasteiger partial charge in [-0.15, -0.1) is 0 Å². The molecule has 4 nitrogen and oxygen atoms in total. The van der Waals surface area contributed by atoms with Crippen LogP contribution in [0.25, 0.3) is 0 Å². The number of ketones is 1. The normalized spacial score (nSPS) is 60.9. The summed E-state index contributed by atoms with van der Waals surface area (Å²) in [5, 5.41) is 10.3. The van der Waals surface area contributed by atoms with E-state index in [-0.39, 0.29) is 29.0 Å². The number of aliphatic hydroxyl groups is 1. The molecule has 4 heteroatoms. The van der Waals surface area contributed by atoms with Gasteiger partial charge in [-0.25, -0.2) is 0 Å². The molecule has 0 amide bonds. The first-order valence-electron chi connectivity index (χ1n) is 13.2. The topological polar surface area (TPSA) is 55.8 Å². The van der Waals surface area contributed by atoms with Crippen molar-refractivity contribution in [3.05, 3.63) is 0 Å². The van der Waals surface area contributed by atoms with Gasteiger partial charge in [0.15, 0.2) is 5.79 Å². The standard InChI is InChI=1S/C27H42O4/c1-15-7-10-27(30-14-15)16(2)24-22(31-27)12-21-19-6-5-17-11-18(28)8-9-25(17,3)20(19)13-23(29)26(21,24)4/h15-22,24,28H,5-14H2,1-4H3/t15?,16-,17-,18-,19?,20?,21?,22-,24?,25-,26+,27?/m0/s1. The van der Waals surface area contributed by atoms with Crippen molar-refractivity contribution in [2.45, 2.75) is 103 Å². The summed E-state index contributed by atoms with van der Waals surface area (Å²) in [7, 11) is 0. The lowest BCUT2D eigenvalue weighted by molar-refractivity contribution is -0.272. The molecule has 1 spiro atoms. The molecule has 12 atom stereocenters. The highest BCUT2D eigenvalue weighted by Crippen LogP contribution is 2.70. The van der Waals surface area contributed by atoms with Gasteiger partial charge in [0.2, 0.25) is 0 Å². The zero-order valence-electron chi connectivity index (χ0n) is 19.9. The molecular weight excluding hydrogens is 388 g/mol. The summed E-state index contributed by atoms with van der Waals surface area (Å²) in [5.74, 6) is 3.45. The summed E-state index contributed by atoms with van der Waals surface area (Å²) >= 11 is 0. The van der Waals surface area contributed by atoms with Crippen molar-refractivity contribution in [3.8, 4) is 0 Å². The fraction of sp³-hybridized carbons (Fsp3) is 0.963. The van der Waals surface area contributed by atoms with Gasteiger partial charge in [-0.05, 0) is 80.0 Å². The van der Waals surface area contributed by atoms with E-state index in [0.29, 0.717) is 41.3 Å². The maximum Gasteiger partial charge on any atom is 0.171 e. The summed E-state index contributed by atoms with van der Waals surface area (Å²) < 4.78 is 13.2. The summed E-state index contributed by atoms with van der Waals surface area (Å²) in [5.41, 5.74) is -0.0221. The maximum absolute atomic E-state index is 14.0. The molecule has 6 unspecified atom stereocenters. The third-order valence-electron chi connectivity index (χ3n) is 11.8. The second-order valence-electron chi connectivity index (χ2n) is 13.0. The van der Waals surface area contributed by atoms with Crippen LogP contribution >= 0.6 is 0 Å². The van der Waals surface area contributed by atoms with Crippen molar-refractivity contribution < 1.29 is 19.4 Å². The van der Waals surface area contributed by atoms with Crippen LogP contribution in [0, 0.1) is 52.3 Å². The molecule has 2 saturated heterocycles. The van der Waals surface area contributed by atoms with Crippen molar-refractivity contribution in [1.82, 2.24) is 0 Å². The van der Waals surface area contributed by atoms with Crippen molar-refractivity contribution in [3.63, 3.8) is 0 Å². The molecule has 0 aromatic carbocycles. The fourth-order valence-electron chi connectivity index (χ4n) is 9.93. The first-order valence-corrected chi connectivity index (χ1v) is 13.2. The number of Topliss-reactive ketones (excluding diaryl/α,β-unsaturated/α-hetero) is 1. The fourth-order valence-corrected chi connectivity index (χ4v) is 9.93. The molecule has 174 valence electrons. The number of carbonyl (C=O) groups is 1. The van der Waals surface area contributed by atoms with Gasteiger partial charge < -0.3 is 14.6 Å². The van der Waals surface area contributed by atoms with Crippen LogP contribution in [-0.2, 0) is 14.3 Å². The lowest BCUT2D eigenvalue weighted by Gasteiger charge is -2.60. The summed E-state index contributed by atoms with van der Waals surface area (Å²) in [6.45, 7) is 10.1. The lowest BCUT2D eigenvalue weighted by atomic mass is 9.44. The minimum absolute atomic E-state index is 0.131. The van der Waals surface area contributed by atoms with Gasteiger partial charge in [0, 0.05) is 30.1 Å². The van der Waals surface area contributed by atoms with E-state index in [1.54, 1.807) is 0 Å². The van der Waals surface area contributed by atoms with Gasteiger partial charge in [0.1, 0.15) is 5.78 Å². The van der Waals surface area contributed by atoms with E-state index in [0.717, 1.165) is 51.6 Å². The lowest BCUT2D eigenvalue weighted by Crippen LogP contribution is -2.58. The Morgan fingerprint density at radius 2 is 1.81 bits per heavy atom. The highest BCUT2D eigenvalue weighted by molar-refractivity contribution is 5.87. The quantitative estimate of drug-likeness (QED) is 0.589. The molecule has 0 radical (unpaired) electrons. The molecule has 0 bridgehead atoms. The summed E-state index contributed by atoms with van der Waals surface area (Å²) in [4.78, 5) is 14.0. The Labute approximate surface area is 187 Å². The Hall–Kier alpha value is -0.450. The number of ether oxygens (including phenoxy) is 2. The van der Waals surface area contributed by atoms with Crippen LogP contribution < -0.4 is 0 Å². The smallest absolute Gasteiger partial charge is 0.171 e. The zero-order chi connectivity index (χ0) is 21.8. The van der Waals surface area contributed by atoms with E-state index in [1.165, 1.54) is 12.8 Å². The number of carbonyl (C=O) groups excluding carboxylic acids is 1. The van der Waals surface area contributed by atoms with Crippen LogP contribution in [0.3, 0.4) is 0 Å². The molecular formula is C27H42O4. The Morgan fingerprint density at radius 1 is 1.00 bits per heavy atom. The molecule has 1 N–H and O–H groups in total. The van der Waals surface area contributed by atoms with E-state index in [1.807, 2.05) is 0 Å². The van der Waals surface area contributed by atoms with Gasteiger partial charge in [0.25, 0.3) is 0 Å². The van der Waals surface area contributed by atoms with E-state index in [9.17, 15) is 9.90 Å². The number of fused-ring (bicyclic) bond motifs is 7. The largest absolute Gasteiger partial charge is 0.393 e. The molecule has 6 aliphatic rings. The maximum atomic E-state index is 14.0. The van der Waals surface area contributed by atoms with Crippen LogP contribution in [0.15, 0.2) is 0 Å². The number of hydrogen-bond acceptors (Lipinski definition) is 4. The molecule has 4 saturated carbocycles. The third-order valence-corrected chi connectivity index (χ3v) is 11.8. The Bertz CT molecular complexity index is 756. The summed E-state index contributed by atoms with van der Waals surface area (Å²) in [6.07, 6.45) is 9.39. The molecule has 6 rings (SSSR count). The predicted octanol–water partition coefficient (Wildman–Crippen LogP) is 4.97. The minimum Gasteiger partial charge on any atom is -0.393 e. The second-order valence-corrected chi connectivity index (χ2v) is 13.0. The van der Waals surface area contributed by atoms with Crippen molar-refractivity contribution >= 4 is 5.78 Å². The second kappa shape index (κ2) is 6.79.